The molecule has 104 valence electrons. The summed E-state index contributed by atoms with van der Waals surface area (Å²) in [6.45, 7) is 8.53. The highest BCUT2D eigenvalue weighted by molar-refractivity contribution is 5.83. The number of hydrogen-bond acceptors (Lipinski definition) is 2. The minimum atomic E-state index is -0.0740. The van der Waals surface area contributed by atoms with E-state index in [1.807, 2.05) is 12.1 Å². The Kier molecular flexibility index (Phi) is 5.28. The van der Waals surface area contributed by atoms with E-state index in [-0.39, 0.29) is 23.5 Å². The average Bonchev–Trinajstić information content (AvgIpc) is 2.33. The van der Waals surface area contributed by atoms with Gasteiger partial charge in [-0.25, -0.2) is 0 Å². The van der Waals surface area contributed by atoms with E-state index in [1.165, 1.54) is 12.5 Å². The van der Waals surface area contributed by atoms with Gasteiger partial charge in [0.15, 0.2) is 0 Å². The van der Waals surface area contributed by atoms with Gasteiger partial charge in [0.1, 0.15) is 5.78 Å². The summed E-state index contributed by atoms with van der Waals surface area (Å²) in [5.74, 6) is -0.0280. The van der Waals surface area contributed by atoms with Crippen molar-refractivity contribution in [2.24, 2.45) is 0 Å². The van der Waals surface area contributed by atoms with Gasteiger partial charge in [0, 0.05) is 19.4 Å². The summed E-state index contributed by atoms with van der Waals surface area (Å²) in [5.41, 5.74) is 2.49. The Labute approximate surface area is 115 Å². The quantitative estimate of drug-likeness (QED) is 0.885. The second-order valence-corrected chi connectivity index (χ2v) is 5.93. The molecule has 0 atom stereocenters. The lowest BCUT2D eigenvalue weighted by molar-refractivity contribution is -0.124. The minimum absolute atomic E-state index is 0.0460. The standard InChI is InChI=1S/C16H23NO2/c1-12(18)5-10-15(19)17-11-13-6-8-14(9-7-13)16(2,3)4/h6-9H,5,10-11H2,1-4H3,(H,17,19). The van der Waals surface area contributed by atoms with E-state index in [2.05, 4.69) is 38.2 Å². The number of nitrogens with one attached hydrogen (secondary N) is 1. The van der Waals surface area contributed by atoms with E-state index in [0.29, 0.717) is 13.0 Å². The number of rotatable bonds is 5. The van der Waals surface area contributed by atoms with Gasteiger partial charge < -0.3 is 10.1 Å². The zero-order valence-electron chi connectivity index (χ0n) is 12.2. The van der Waals surface area contributed by atoms with Gasteiger partial charge >= 0.3 is 0 Å². The molecule has 0 spiro atoms. The van der Waals surface area contributed by atoms with E-state index >= 15 is 0 Å². The summed E-state index contributed by atoms with van der Waals surface area (Å²) in [6, 6.07) is 8.26. The fourth-order valence-electron chi connectivity index (χ4n) is 1.70. The Morgan fingerprint density at radius 2 is 1.63 bits per heavy atom. The molecule has 0 radical (unpaired) electrons. The van der Waals surface area contributed by atoms with Gasteiger partial charge in [0.25, 0.3) is 0 Å². The predicted molar refractivity (Wildman–Crippen MR) is 76.9 cm³/mol. The third-order valence-corrected chi connectivity index (χ3v) is 3.01. The highest BCUT2D eigenvalue weighted by Crippen LogP contribution is 2.22. The molecule has 1 aromatic rings. The molecular formula is C16H23NO2. The molecule has 1 N–H and O–H groups in total. The number of amides is 1. The molecule has 1 rings (SSSR count). The maximum atomic E-state index is 11.5. The monoisotopic (exact) mass is 261 g/mol. The molecule has 19 heavy (non-hydrogen) atoms. The summed E-state index contributed by atoms with van der Waals surface area (Å²) in [6.07, 6.45) is 0.588. The SMILES string of the molecule is CC(=O)CCC(=O)NCc1ccc(C(C)(C)C)cc1. The normalized spacial score (nSPS) is 11.2. The van der Waals surface area contributed by atoms with E-state index < -0.39 is 0 Å². The van der Waals surface area contributed by atoms with E-state index in [0.717, 1.165) is 5.56 Å². The van der Waals surface area contributed by atoms with Crippen LogP contribution in [0.3, 0.4) is 0 Å². The molecule has 0 aliphatic carbocycles. The minimum Gasteiger partial charge on any atom is -0.352 e. The summed E-state index contributed by atoms with van der Waals surface area (Å²) in [5, 5.41) is 2.82. The van der Waals surface area contributed by atoms with Crippen LogP contribution in [-0.2, 0) is 21.5 Å². The van der Waals surface area contributed by atoms with Crippen LogP contribution in [0.25, 0.3) is 0 Å². The fourth-order valence-corrected chi connectivity index (χ4v) is 1.70. The van der Waals surface area contributed by atoms with E-state index in [9.17, 15) is 9.59 Å². The second kappa shape index (κ2) is 6.50. The molecule has 0 unspecified atom stereocenters. The third-order valence-electron chi connectivity index (χ3n) is 3.01. The predicted octanol–water partition coefficient (Wildman–Crippen LogP) is 2.97. The summed E-state index contributed by atoms with van der Waals surface area (Å²) >= 11 is 0. The van der Waals surface area contributed by atoms with Crippen molar-refractivity contribution in [3.63, 3.8) is 0 Å². The lowest BCUT2D eigenvalue weighted by Gasteiger charge is -2.19. The molecule has 0 aromatic heterocycles. The first-order valence-electron chi connectivity index (χ1n) is 6.64. The molecule has 0 bridgehead atoms. The van der Waals surface area contributed by atoms with Gasteiger partial charge in [-0.15, -0.1) is 0 Å². The zero-order chi connectivity index (χ0) is 14.5. The molecule has 0 saturated carbocycles. The van der Waals surface area contributed by atoms with E-state index in [1.54, 1.807) is 0 Å². The van der Waals surface area contributed by atoms with E-state index in [4.69, 9.17) is 0 Å². The third kappa shape index (κ3) is 5.69. The van der Waals surface area contributed by atoms with Crippen molar-refractivity contribution < 1.29 is 9.59 Å². The van der Waals surface area contributed by atoms with Crippen molar-refractivity contribution >= 4 is 11.7 Å². The second-order valence-electron chi connectivity index (χ2n) is 5.93. The van der Waals surface area contributed by atoms with Crippen LogP contribution in [0, 0.1) is 0 Å². The molecule has 3 nitrogen and oxygen atoms in total. The van der Waals surface area contributed by atoms with Crippen LogP contribution in [0.1, 0.15) is 51.7 Å². The fraction of sp³-hybridized carbons (Fsp3) is 0.500. The lowest BCUT2D eigenvalue weighted by atomic mass is 9.87. The summed E-state index contributed by atoms with van der Waals surface area (Å²) in [7, 11) is 0. The first-order valence-corrected chi connectivity index (χ1v) is 6.64. The highest BCUT2D eigenvalue weighted by atomic mass is 16.2. The van der Waals surface area contributed by atoms with Gasteiger partial charge in [-0.3, -0.25) is 4.79 Å². The molecule has 0 aliphatic heterocycles. The Hall–Kier alpha value is -1.64. The number of Topliss-reactive ketones (excluding diaryl/α,β-unsaturated/α-hetero) is 1. The summed E-state index contributed by atoms with van der Waals surface area (Å²) < 4.78 is 0. The topological polar surface area (TPSA) is 46.2 Å². The van der Waals surface area contributed by atoms with Gasteiger partial charge in [0.2, 0.25) is 5.91 Å². The smallest absolute Gasteiger partial charge is 0.220 e. The van der Waals surface area contributed by atoms with Crippen LogP contribution in [0.4, 0.5) is 0 Å². The number of ketones is 1. The van der Waals surface area contributed by atoms with Crippen molar-refractivity contribution in [2.75, 3.05) is 0 Å². The Balaban J connectivity index is 2.46. The van der Waals surface area contributed by atoms with Crippen molar-refractivity contribution in [3.05, 3.63) is 35.4 Å². The Bertz CT molecular complexity index is 441. The number of benzene rings is 1. The van der Waals surface area contributed by atoms with Crippen LogP contribution in [0.5, 0.6) is 0 Å². The molecule has 3 heteroatoms. The Morgan fingerprint density at radius 3 is 2.11 bits per heavy atom. The molecule has 0 fully saturated rings. The maximum Gasteiger partial charge on any atom is 0.220 e. The number of hydrogen-bond donors (Lipinski definition) is 1. The average molecular weight is 261 g/mol. The van der Waals surface area contributed by atoms with Gasteiger partial charge in [-0.2, -0.15) is 0 Å². The summed E-state index contributed by atoms with van der Waals surface area (Å²) in [4.78, 5) is 22.3. The van der Waals surface area contributed by atoms with Crippen molar-refractivity contribution in [1.82, 2.24) is 5.32 Å². The van der Waals surface area contributed by atoms with Crippen molar-refractivity contribution in [1.29, 1.82) is 0 Å². The van der Waals surface area contributed by atoms with Crippen LogP contribution >= 0.6 is 0 Å². The first-order chi connectivity index (χ1) is 8.79. The van der Waals surface area contributed by atoms with Crippen molar-refractivity contribution in [3.8, 4) is 0 Å². The molecule has 1 aromatic carbocycles. The van der Waals surface area contributed by atoms with Crippen LogP contribution < -0.4 is 5.32 Å². The number of carbonyl (C=O) groups excluding carboxylic acids is 2. The first kappa shape index (κ1) is 15.4. The molecule has 0 heterocycles. The van der Waals surface area contributed by atoms with Crippen molar-refractivity contribution in [2.45, 2.75) is 52.5 Å². The molecule has 1 amide bonds. The lowest BCUT2D eigenvalue weighted by Crippen LogP contribution is -2.23. The zero-order valence-corrected chi connectivity index (χ0v) is 12.2. The van der Waals surface area contributed by atoms with Gasteiger partial charge in [-0.1, -0.05) is 45.0 Å². The molecular weight excluding hydrogens is 238 g/mol. The maximum absolute atomic E-state index is 11.5. The van der Waals surface area contributed by atoms with Gasteiger partial charge in [0.05, 0.1) is 0 Å². The van der Waals surface area contributed by atoms with Crippen LogP contribution in [0.15, 0.2) is 24.3 Å². The largest absolute Gasteiger partial charge is 0.352 e. The van der Waals surface area contributed by atoms with Crippen LogP contribution in [-0.4, -0.2) is 11.7 Å². The van der Waals surface area contributed by atoms with Crippen LogP contribution in [0.2, 0.25) is 0 Å². The van der Waals surface area contributed by atoms with Gasteiger partial charge in [-0.05, 0) is 23.5 Å². The Morgan fingerprint density at radius 1 is 1.05 bits per heavy atom. The highest BCUT2D eigenvalue weighted by Gasteiger charge is 2.12. The molecule has 0 saturated heterocycles. The number of carbonyl (C=O) groups is 2. The molecule has 0 aliphatic rings.